The van der Waals surface area contributed by atoms with E-state index in [-0.39, 0.29) is 27.9 Å². The fourth-order valence-electron chi connectivity index (χ4n) is 2.73. The zero-order valence-electron chi connectivity index (χ0n) is 21.2. The van der Waals surface area contributed by atoms with Crippen LogP contribution in [0.1, 0.15) is 30.6 Å². The minimum absolute atomic E-state index is 0.0188. The molecular formula is C27H32F5N3OS. The highest BCUT2D eigenvalue weighted by molar-refractivity contribution is 8.00. The van der Waals surface area contributed by atoms with Crippen molar-refractivity contribution < 1.29 is 26.7 Å². The SMILES string of the molecule is C=C(/C=C\C(=C/C)C(F)(F)F)/C(C=N)=C/C(=C)/C(=C\NC)C(=O)c1cc(NSCCC)ccc1F.CF. The van der Waals surface area contributed by atoms with Gasteiger partial charge < -0.3 is 15.4 Å². The molecule has 0 saturated carbocycles. The summed E-state index contributed by atoms with van der Waals surface area (Å²) in [5, 5.41) is 10.4. The second kappa shape index (κ2) is 17.1. The Morgan fingerprint density at radius 2 is 1.81 bits per heavy atom. The lowest BCUT2D eigenvalue weighted by Gasteiger charge is -2.12. The molecule has 0 aliphatic rings. The Hall–Kier alpha value is -3.40. The van der Waals surface area contributed by atoms with Crippen molar-refractivity contribution in [2.24, 2.45) is 0 Å². The van der Waals surface area contributed by atoms with Crippen LogP contribution in [0.3, 0.4) is 0 Å². The summed E-state index contributed by atoms with van der Waals surface area (Å²) in [4.78, 5) is 13.2. The second-order valence-electron chi connectivity index (χ2n) is 7.19. The van der Waals surface area contributed by atoms with Crippen molar-refractivity contribution in [2.45, 2.75) is 26.4 Å². The molecule has 0 aromatic heterocycles. The minimum atomic E-state index is -4.53. The molecule has 4 nitrogen and oxygen atoms in total. The van der Waals surface area contributed by atoms with Crippen LogP contribution < -0.4 is 10.0 Å². The van der Waals surface area contributed by atoms with Gasteiger partial charge in [-0.25, -0.2) is 4.39 Å². The third-order valence-corrected chi connectivity index (χ3v) is 5.54. The van der Waals surface area contributed by atoms with Crippen LogP contribution >= 0.6 is 11.9 Å². The summed E-state index contributed by atoms with van der Waals surface area (Å²) < 4.78 is 65.9. The highest BCUT2D eigenvalue weighted by Crippen LogP contribution is 2.28. The van der Waals surface area contributed by atoms with E-state index in [0.717, 1.165) is 36.6 Å². The van der Waals surface area contributed by atoms with Gasteiger partial charge in [-0.3, -0.25) is 9.18 Å². The van der Waals surface area contributed by atoms with Gasteiger partial charge in [0.25, 0.3) is 0 Å². The molecule has 0 heterocycles. The first-order chi connectivity index (χ1) is 17.5. The first kappa shape index (κ1) is 33.6. The molecule has 0 amide bonds. The van der Waals surface area contributed by atoms with Crippen molar-refractivity contribution in [3.05, 3.63) is 101 Å². The average Bonchev–Trinajstić information content (AvgIpc) is 2.87. The predicted molar refractivity (Wildman–Crippen MR) is 145 cm³/mol. The van der Waals surface area contributed by atoms with E-state index < -0.39 is 23.3 Å². The third-order valence-electron chi connectivity index (χ3n) is 4.54. The van der Waals surface area contributed by atoms with Gasteiger partial charge >= 0.3 is 6.18 Å². The minimum Gasteiger partial charge on any atom is -0.393 e. The van der Waals surface area contributed by atoms with Crippen LogP contribution in [0.15, 0.2) is 89.7 Å². The largest absolute Gasteiger partial charge is 0.416 e. The van der Waals surface area contributed by atoms with Crippen LogP contribution in [0, 0.1) is 11.2 Å². The predicted octanol–water partition coefficient (Wildman–Crippen LogP) is 7.92. The van der Waals surface area contributed by atoms with E-state index in [4.69, 9.17) is 5.41 Å². The number of hydrogen-bond donors (Lipinski definition) is 3. The Morgan fingerprint density at radius 3 is 2.32 bits per heavy atom. The number of hydrogen-bond acceptors (Lipinski definition) is 5. The van der Waals surface area contributed by atoms with E-state index in [0.29, 0.717) is 12.9 Å². The maximum Gasteiger partial charge on any atom is 0.416 e. The summed E-state index contributed by atoms with van der Waals surface area (Å²) in [5.41, 5.74) is -0.115. The van der Waals surface area contributed by atoms with Crippen LogP contribution in [0.4, 0.5) is 27.6 Å². The van der Waals surface area contributed by atoms with E-state index >= 15 is 0 Å². The quantitative estimate of drug-likeness (QED) is 0.0451. The Morgan fingerprint density at radius 1 is 1.16 bits per heavy atom. The molecule has 0 aliphatic carbocycles. The molecule has 0 bridgehead atoms. The maximum atomic E-state index is 14.5. The van der Waals surface area contributed by atoms with Gasteiger partial charge in [0.1, 0.15) is 5.82 Å². The fourth-order valence-corrected chi connectivity index (χ4v) is 3.33. The van der Waals surface area contributed by atoms with Crippen LogP contribution in [-0.4, -0.2) is 38.2 Å². The molecule has 0 fully saturated rings. The molecule has 1 aromatic carbocycles. The second-order valence-corrected chi connectivity index (χ2v) is 8.09. The van der Waals surface area contributed by atoms with Crippen LogP contribution in [0.2, 0.25) is 0 Å². The monoisotopic (exact) mass is 541 g/mol. The molecule has 0 aliphatic heterocycles. The fraction of sp³-hybridized carbons (Fsp3) is 0.259. The van der Waals surface area contributed by atoms with E-state index in [1.54, 1.807) is 7.05 Å². The first-order valence-electron chi connectivity index (χ1n) is 11.0. The number of allylic oxidation sites excluding steroid dienone is 9. The number of ketones is 1. The summed E-state index contributed by atoms with van der Waals surface area (Å²) in [6, 6.07) is 4.11. The van der Waals surface area contributed by atoms with Crippen molar-refractivity contribution >= 4 is 29.6 Å². The summed E-state index contributed by atoms with van der Waals surface area (Å²) in [6.07, 6.45) is 2.87. The molecule has 0 saturated heterocycles. The summed E-state index contributed by atoms with van der Waals surface area (Å²) >= 11 is 1.43. The molecule has 202 valence electrons. The lowest BCUT2D eigenvalue weighted by atomic mass is 9.95. The molecule has 3 N–H and O–H groups in total. The molecule has 37 heavy (non-hydrogen) atoms. The molecule has 0 atom stereocenters. The van der Waals surface area contributed by atoms with Crippen LogP contribution in [-0.2, 0) is 0 Å². The van der Waals surface area contributed by atoms with Crippen LogP contribution in [0.25, 0.3) is 0 Å². The van der Waals surface area contributed by atoms with Gasteiger partial charge in [0.15, 0.2) is 5.78 Å². The molecular weight excluding hydrogens is 509 g/mol. The smallest absolute Gasteiger partial charge is 0.393 e. The third kappa shape index (κ3) is 11.0. The van der Waals surface area contributed by atoms with Crippen molar-refractivity contribution in [1.29, 1.82) is 5.41 Å². The Labute approximate surface area is 219 Å². The molecule has 0 spiro atoms. The van der Waals surface area contributed by atoms with Crippen LogP contribution in [0.5, 0.6) is 0 Å². The molecule has 0 unspecified atom stereocenters. The van der Waals surface area contributed by atoms with E-state index in [1.165, 1.54) is 49.3 Å². The van der Waals surface area contributed by atoms with Crippen molar-refractivity contribution in [2.75, 3.05) is 24.7 Å². The van der Waals surface area contributed by atoms with Crippen molar-refractivity contribution in [1.82, 2.24) is 5.32 Å². The summed E-state index contributed by atoms with van der Waals surface area (Å²) in [7, 11) is 2.05. The van der Waals surface area contributed by atoms with Gasteiger partial charge in [-0.15, -0.1) is 0 Å². The lowest BCUT2D eigenvalue weighted by Crippen LogP contribution is -2.11. The summed E-state index contributed by atoms with van der Waals surface area (Å²) in [6.45, 7) is 10.8. The number of carbonyl (C=O) groups is 1. The topological polar surface area (TPSA) is 65.0 Å². The van der Waals surface area contributed by atoms with Crippen molar-refractivity contribution in [3.8, 4) is 0 Å². The Bertz CT molecular complexity index is 1090. The first-order valence-corrected chi connectivity index (χ1v) is 12.0. The number of alkyl halides is 4. The van der Waals surface area contributed by atoms with Gasteiger partial charge in [-0.1, -0.05) is 44.2 Å². The standard InChI is InChI=1S/C26H29F4N3OS.CH3F/c1-6-12-35-33-21-10-11-24(27)22(14-21)25(34)23(16-32-5)18(4)13-19(15-31)17(3)8-9-20(7-2)26(28,29)30;1-2/h7-11,13-16,31-33H,3-4,6,12H2,1-2,5H3;1H3/b9-8-,19-13+,20-7+,23-16+,31-15?;. The number of benzene rings is 1. The highest BCUT2D eigenvalue weighted by Gasteiger charge is 2.30. The highest BCUT2D eigenvalue weighted by atomic mass is 32.2. The normalized spacial score (nSPS) is 12.5. The zero-order chi connectivity index (χ0) is 28.6. The number of carbonyl (C=O) groups excluding carboxylic acids is 1. The molecule has 0 radical (unpaired) electrons. The Kier molecular flexibility index (Phi) is 15.6. The van der Waals surface area contributed by atoms with Crippen molar-refractivity contribution in [3.63, 3.8) is 0 Å². The Balaban J connectivity index is 0.00000631. The lowest BCUT2D eigenvalue weighted by molar-refractivity contribution is -0.0883. The van der Waals surface area contributed by atoms with Gasteiger partial charge in [0.05, 0.1) is 18.3 Å². The zero-order valence-corrected chi connectivity index (χ0v) is 22.0. The summed E-state index contributed by atoms with van der Waals surface area (Å²) in [5.74, 6) is -0.539. The number of Topliss-reactive ketones (excluding diaryl/α,β-unsaturated/α-hetero) is 1. The van der Waals surface area contributed by atoms with E-state index in [2.05, 4.69) is 23.2 Å². The number of anilines is 1. The van der Waals surface area contributed by atoms with Gasteiger partial charge in [0, 0.05) is 36.5 Å². The maximum absolute atomic E-state index is 14.5. The van der Waals surface area contributed by atoms with Gasteiger partial charge in [-0.2, -0.15) is 13.2 Å². The number of rotatable bonds is 13. The van der Waals surface area contributed by atoms with E-state index in [1.807, 2.05) is 6.92 Å². The average molecular weight is 542 g/mol. The van der Waals surface area contributed by atoms with Gasteiger partial charge in [0.2, 0.25) is 0 Å². The molecule has 1 aromatic rings. The van der Waals surface area contributed by atoms with Gasteiger partial charge in [-0.05, 0) is 60.4 Å². The number of halogens is 5. The molecule has 1 rings (SSSR count). The molecule has 10 heteroatoms. The number of nitrogens with one attached hydrogen (secondary N) is 3. The van der Waals surface area contributed by atoms with E-state index in [9.17, 15) is 26.7 Å².